The molecular formula is C27H27N3O2. The third-order valence-corrected chi connectivity index (χ3v) is 5.34. The van der Waals surface area contributed by atoms with E-state index in [1.807, 2.05) is 85.8 Å². The third-order valence-electron chi connectivity index (χ3n) is 5.34. The van der Waals surface area contributed by atoms with Crippen molar-refractivity contribution in [2.75, 3.05) is 17.7 Å². The lowest BCUT2D eigenvalue weighted by Gasteiger charge is -2.12. The van der Waals surface area contributed by atoms with E-state index in [4.69, 9.17) is 10.5 Å². The van der Waals surface area contributed by atoms with Gasteiger partial charge in [-0.2, -0.15) is 0 Å². The largest absolute Gasteiger partial charge is 0.494 e. The van der Waals surface area contributed by atoms with Crippen LogP contribution in [0.5, 0.6) is 5.75 Å². The van der Waals surface area contributed by atoms with Gasteiger partial charge in [-0.1, -0.05) is 36.4 Å². The maximum absolute atomic E-state index is 13.0. The Hall–Kier alpha value is -3.86. The van der Waals surface area contributed by atoms with Gasteiger partial charge in [0, 0.05) is 28.0 Å². The SMILES string of the molecule is Cc1cc(N)c2cc(NC(=O)c3ccccc3CCCCOc3ccccc3)ccc2n1. The van der Waals surface area contributed by atoms with Crippen molar-refractivity contribution in [1.29, 1.82) is 0 Å². The predicted octanol–water partition coefficient (Wildman–Crippen LogP) is 5.78. The fourth-order valence-corrected chi connectivity index (χ4v) is 3.75. The summed E-state index contributed by atoms with van der Waals surface area (Å²) < 4.78 is 5.76. The standard InChI is InChI=1S/C27H27N3O2/c1-19-17-25(28)24-18-21(14-15-26(24)29-19)30-27(31)23-13-6-5-9-20(23)10-7-8-16-32-22-11-3-2-4-12-22/h2-6,9,11-15,17-18H,7-8,10,16H2,1H3,(H2,28,29)(H,30,31). The Morgan fingerprint density at radius 1 is 0.969 bits per heavy atom. The van der Waals surface area contributed by atoms with Crippen LogP contribution in [-0.4, -0.2) is 17.5 Å². The molecule has 0 aliphatic heterocycles. The van der Waals surface area contributed by atoms with Crippen LogP contribution in [0.1, 0.15) is 34.5 Å². The number of pyridine rings is 1. The molecular weight excluding hydrogens is 398 g/mol. The van der Waals surface area contributed by atoms with E-state index in [-0.39, 0.29) is 5.91 Å². The number of aromatic nitrogens is 1. The maximum atomic E-state index is 13.0. The third kappa shape index (κ3) is 5.24. The summed E-state index contributed by atoms with van der Waals surface area (Å²) in [6.45, 7) is 2.57. The van der Waals surface area contributed by atoms with Crippen molar-refractivity contribution in [1.82, 2.24) is 4.98 Å². The lowest BCUT2D eigenvalue weighted by atomic mass is 10.0. The first kappa shape index (κ1) is 21.4. The first-order chi connectivity index (χ1) is 15.6. The average Bonchev–Trinajstić information content (AvgIpc) is 2.80. The van der Waals surface area contributed by atoms with Gasteiger partial charge < -0.3 is 15.8 Å². The Morgan fingerprint density at radius 2 is 1.75 bits per heavy atom. The summed E-state index contributed by atoms with van der Waals surface area (Å²) in [5.74, 6) is 0.757. The van der Waals surface area contributed by atoms with Crippen LogP contribution in [0.25, 0.3) is 10.9 Å². The molecule has 1 aromatic heterocycles. The Kier molecular flexibility index (Phi) is 6.66. The van der Waals surface area contributed by atoms with E-state index in [9.17, 15) is 4.79 Å². The number of fused-ring (bicyclic) bond motifs is 1. The first-order valence-corrected chi connectivity index (χ1v) is 10.8. The molecule has 0 saturated carbocycles. The second-order valence-electron chi connectivity index (χ2n) is 7.81. The van der Waals surface area contributed by atoms with Gasteiger partial charge in [0.15, 0.2) is 0 Å². The fourth-order valence-electron chi connectivity index (χ4n) is 3.75. The lowest BCUT2D eigenvalue weighted by Crippen LogP contribution is -2.14. The van der Waals surface area contributed by atoms with Gasteiger partial charge in [0.1, 0.15) is 5.75 Å². The van der Waals surface area contributed by atoms with Crippen molar-refractivity contribution >= 4 is 28.2 Å². The normalized spacial score (nSPS) is 10.8. The molecule has 1 heterocycles. The monoisotopic (exact) mass is 425 g/mol. The fraction of sp³-hybridized carbons (Fsp3) is 0.185. The molecule has 3 aromatic carbocycles. The van der Waals surface area contributed by atoms with Gasteiger partial charge in [-0.15, -0.1) is 0 Å². The molecule has 0 aliphatic carbocycles. The number of aryl methyl sites for hydroxylation is 2. The minimum Gasteiger partial charge on any atom is -0.494 e. The zero-order chi connectivity index (χ0) is 22.3. The minimum atomic E-state index is -0.126. The molecule has 0 unspecified atom stereocenters. The Labute approximate surface area is 188 Å². The summed E-state index contributed by atoms with van der Waals surface area (Å²) in [5.41, 5.74) is 10.9. The topological polar surface area (TPSA) is 77.2 Å². The molecule has 1 amide bonds. The molecule has 0 spiro atoms. The highest BCUT2D eigenvalue weighted by atomic mass is 16.5. The van der Waals surface area contributed by atoms with Crippen LogP contribution in [0, 0.1) is 6.92 Å². The number of rotatable bonds is 8. The number of ether oxygens (including phenoxy) is 1. The molecule has 0 saturated heterocycles. The summed E-state index contributed by atoms with van der Waals surface area (Å²) in [7, 11) is 0. The lowest BCUT2D eigenvalue weighted by molar-refractivity contribution is 0.102. The van der Waals surface area contributed by atoms with Crippen LogP contribution in [0.4, 0.5) is 11.4 Å². The average molecular weight is 426 g/mol. The molecule has 5 nitrogen and oxygen atoms in total. The maximum Gasteiger partial charge on any atom is 0.255 e. The molecule has 0 aliphatic rings. The van der Waals surface area contributed by atoms with Gasteiger partial charge >= 0.3 is 0 Å². The molecule has 4 aromatic rings. The summed E-state index contributed by atoms with van der Waals surface area (Å²) in [5, 5.41) is 3.84. The molecule has 4 rings (SSSR count). The van der Waals surface area contributed by atoms with E-state index in [1.165, 1.54) is 0 Å². The number of hydrogen-bond acceptors (Lipinski definition) is 4. The van der Waals surface area contributed by atoms with Crippen molar-refractivity contribution in [3.63, 3.8) is 0 Å². The second-order valence-corrected chi connectivity index (χ2v) is 7.81. The van der Waals surface area contributed by atoms with E-state index in [1.54, 1.807) is 0 Å². The van der Waals surface area contributed by atoms with Gasteiger partial charge in [-0.3, -0.25) is 9.78 Å². The van der Waals surface area contributed by atoms with Gasteiger partial charge in [0.05, 0.1) is 12.1 Å². The van der Waals surface area contributed by atoms with Crippen molar-refractivity contribution in [3.05, 3.63) is 95.7 Å². The van der Waals surface area contributed by atoms with Gasteiger partial charge in [0.25, 0.3) is 5.91 Å². The molecule has 5 heteroatoms. The molecule has 162 valence electrons. The van der Waals surface area contributed by atoms with Crippen molar-refractivity contribution < 1.29 is 9.53 Å². The summed E-state index contributed by atoms with van der Waals surface area (Å²) in [6, 6.07) is 25.0. The Morgan fingerprint density at radius 3 is 2.59 bits per heavy atom. The number of nitrogens with one attached hydrogen (secondary N) is 1. The van der Waals surface area contributed by atoms with Crippen LogP contribution >= 0.6 is 0 Å². The van der Waals surface area contributed by atoms with E-state index >= 15 is 0 Å². The number of anilines is 2. The second kappa shape index (κ2) is 9.96. The number of para-hydroxylation sites is 1. The molecule has 0 radical (unpaired) electrons. The number of amides is 1. The smallest absolute Gasteiger partial charge is 0.255 e. The molecule has 0 fully saturated rings. The van der Waals surface area contributed by atoms with Crippen LogP contribution < -0.4 is 15.8 Å². The molecule has 0 bridgehead atoms. The zero-order valence-corrected chi connectivity index (χ0v) is 18.2. The van der Waals surface area contributed by atoms with Crippen molar-refractivity contribution in [2.24, 2.45) is 0 Å². The molecule has 32 heavy (non-hydrogen) atoms. The van der Waals surface area contributed by atoms with E-state index < -0.39 is 0 Å². The summed E-state index contributed by atoms with van der Waals surface area (Å²) in [4.78, 5) is 17.5. The summed E-state index contributed by atoms with van der Waals surface area (Å²) >= 11 is 0. The number of carbonyl (C=O) groups is 1. The number of nitrogen functional groups attached to an aromatic ring is 1. The predicted molar refractivity (Wildman–Crippen MR) is 130 cm³/mol. The highest BCUT2D eigenvalue weighted by Gasteiger charge is 2.12. The minimum absolute atomic E-state index is 0.126. The van der Waals surface area contributed by atoms with Gasteiger partial charge in [0.2, 0.25) is 0 Å². The number of nitrogens with two attached hydrogens (primary N) is 1. The highest BCUT2D eigenvalue weighted by molar-refractivity contribution is 6.06. The van der Waals surface area contributed by atoms with Crippen molar-refractivity contribution in [3.8, 4) is 5.75 Å². The van der Waals surface area contributed by atoms with Crippen LogP contribution in [0.15, 0.2) is 78.9 Å². The first-order valence-electron chi connectivity index (χ1n) is 10.8. The number of benzene rings is 3. The van der Waals surface area contributed by atoms with Gasteiger partial charge in [-0.25, -0.2) is 0 Å². The highest BCUT2D eigenvalue weighted by Crippen LogP contribution is 2.25. The van der Waals surface area contributed by atoms with E-state index in [0.717, 1.165) is 47.2 Å². The zero-order valence-electron chi connectivity index (χ0n) is 18.2. The number of unbranched alkanes of at least 4 members (excludes halogenated alkanes) is 1. The van der Waals surface area contributed by atoms with Crippen LogP contribution in [0.3, 0.4) is 0 Å². The number of hydrogen-bond donors (Lipinski definition) is 2. The quantitative estimate of drug-likeness (QED) is 0.351. The van der Waals surface area contributed by atoms with E-state index in [0.29, 0.717) is 23.5 Å². The van der Waals surface area contributed by atoms with Crippen LogP contribution in [-0.2, 0) is 6.42 Å². The molecule has 0 atom stereocenters. The Balaban J connectivity index is 1.38. The summed E-state index contributed by atoms with van der Waals surface area (Å²) in [6.07, 6.45) is 2.67. The van der Waals surface area contributed by atoms with Crippen molar-refractivity contribution in [2.45, 2.75) is 26.2 Å². The van der Waals surface area contributed by atoms with E-state index in [2.05, 4.69) is 10.3 Å². The Bertz CT molecular complexity index is 1220. The number of nitrogens with zero attached hydrogens (tertiary/aromatic N) is 1. The van der Waals surface area contributed by atoms with Crippen LogP contribution in [0.2, 0.25) is 0 Å². The molecule has 3 N–H and O–H groups in total. The van der Waals surface area contributed by atoms with Gasteiger partial charge in [-0.05, 0) is 74.2 Å². The number of carbonyl (C=O) groups excluding carboxylic acids is 1.